The summed E-state index contributed by atoms with van der Waals surface area (Å²) in [5, 5.41) is 14.1. The van der Waals surface area contributed by atoms with Gasteiger partial charge < -0.3 is 9.63 Å². The van der Waals surface area contributed by atoms with E-state index in [1.165, 1.54) is 32.1 Å². The number of carboxylic acids is 1. The van der Waals surface area contributed by atoms with Gasteiger partial charge >= 0.3 is 5.97 Å². The fourth-order valence-corrected chi connectivity index (χ4v) is 5.11. The number of rotatable bonds is 5. The SMILES string of the molecule is CC(C)c1noc(CN2C[C@H]3CN(C4CCCCC4)C[C@@]3(C(=O)O)C2)n1. The van der Waals surface area contributed by atoms with Crippen LogP contribution in [0.25, 0.3) is 0 Å². The first kappa shape index (κ1) is 17.9. The first-order valence-corrected chi connectivity index (χ1v) is 10.0. The van der Waals surface area contributed by atoms with Crippen molar-refractivity contribution in [2.24, 2.45) is 11.3 Å². The molecule has 0 spiro atoms. The number of carbonyl (C=O) groups is 1. The summed E-state index contributed by atoms with van der Waals surface area (Å²) in [6.07, 6.45) is 6.35. The lowest BCUT2D eigenvalue weighted by Gasteiger charge is -2.33. The van der Waals surface area contributed by atoms with Crippen LogP contribution in [-0.4, -0.2) is 63.2 Å². The number of aromatic nitrogens is 2. The molecule has 1 saturated carbocycles. The monoisotopic (exact) mass is 362 g/mol. The third-order valence-electron chi connectivity index (χ3n) is 6.58. The molecule has 0 aromatic carbocycles. The van der Waals surface area contributed by atoms with Crippen LogP contribution in [0.1, 0.15) is 63.6 Å². The Balaban J connectivity index is 1.43. The van der Waals surface area contributed by atoms with Crippen LogP contribution in [0.15, 0.2) is 4.52 Å². The minimum Gasteiger partial charge on any atom is -0.481 e. The molecule has 4 rings (SSSR count). The average Bonchev–Trinajstić information content (AvgIpc) is 3.29. The Kier molecular flexibility index (Phi) is 4.77. The summed E-state index contributed by atoms with van der Waals surface area (Å²) in [7, 11) is 0. The standard InChI is InChI=1S/C19H30N4O3/c1-13(2)17-20-16(26-21-17)10-22-8-14-9-23(15-6-4-3-5-7-15)12-19(14,11-22)18(24)25/h13-15H,3-12H2,1-2H3,(H,24,25)/t14-,19-/m0/s1. The van der Waals surface area contributed by atoms with E-state index in [1.54, 1.807) is 0 Å². The van der Waals surface area contributed by atoms with Crippen molar-refractivity contribution in [2.75, 3.05) is 26.2 Å². The minimum atomic E-state index is -0.642. The maximum absolute atomic E-state index is 12.2. The van der Waals surface area contributed by atoms with E-state index >= 15 is 0 Å². The Bertz CT molecular complexity index is 655. The Morgan fingerprint density at radius 3 is 2.65 bits per heavy atom. The smallest absolute Gasteiger partial charge is 0.312 e. The fourth-order valence-electron chi connectivity index (χ4n) is 5.11. The highest BCUT2D eigenvalue weighted by molar-refractivity contribution is 5.77. The van der Waals surface area contributed by atoms with Crippen molar-refractivity contribution < 1.29 is 14.4 Å². The molecular formula is C19H30N4O3. The van der Waals surface area contributed by atoms with Crippen LogP contribution in [0.3, 0.4) is 0 Å². The van der Waals surface area contributed by atoms with Gasteiger partial charge in [-0.3, -0.25) is 14.6 Å². The quantitative estimate of drug-likeness (QED) is 0.861. The molecule has 1 aromatic rings. The molecule has 1 aliphatic carbocycles. The van der Waals surface area contributed by atoms with Gasteiger partial charge in [-0.05, 0) is 12.8 Å². The lowest BCUT2D eigenvalue weighted by molar-refractivity contribution is -0.149. The van der Waals surface area contributed by atoms with Crippen LogP contribution in [0.4, 0.5) is 0 Å². The lowest BCUT2D eigenvalue weighted by Crippen LogP contribution is -2.43. The second-order valence-corrected chi connectivity index (χ2v) is 8.75. The molecule has 0 bridgehead atoms. The van der Waals surface area contributed by atoms with Crippen molar-refractivity contribution in [1.82, 2.24) is 19.9 Å². The predicted octanol–water partition coefficient (Wildman–Crippen LogP) is 2.34. The van der Waals surface area contributed by atoms with Crippen molar-refractivity contribution in [2.45, 2.75) is 64.5 Å². The van der Waals surface area contributed by atoms with Crippen LogP contribution < -0.4 is 0 Å². The van der Waals surface area contributed by atoms with E-state index in [9.17, 15) is 9.90 Å². The van der Waals surface area contributed by atoms with E-state index in [4.69, 9.17) is 4.52 Å². The summed E-state index contributed by atoms with van der Waals surface area (Å²) in [5.74, 6) is 1.10. The number of hydrogen-bond donors (Lipinski definition) is 1. The van der Waals surface area contributed by atoms with Gasteiger partial charge in [0.25, 0.3) is 0 Å². The zero-order valence-electron chi connectivity index (χ0n) is 15.9. The zero-order valence-corrected chi connectivity index (χ0v) is 15.9. The number of nitrogens with zero attached hydrogens (tertiary/aromatic N) is 4. The number of carboxylic acid groups (broad SMARTS) is 1. The number of hydrogen-bond acceptors (Lipinski definition) is 6. The molecule has 0 unspecified atom stereocenters. The number of aliphatic carboxylic acids is 1. The van der Waals surface area contributed by atoms with E-state index in [-0.39, 0.29) is 11.8 Å². The molecular weight excluding hydrogens is 332 g/mol. The van der Waals surface area contributed by atoms with Gasteiger partial charge in [0.2, 0.25) is 5.89 Å². The largest absolute Gasteiger partial charge is 0.481 e. The normalized spacial score (nSPS) is 31.0. The molecule has 3 aliphatic rings. The molecule has 7 heteroatoms. The van der Waals surface area contributed by atoms with E-state index in [2.05, 4.69) is 19.9 Å². The maximum Gasteiger partial charge on any atom is 0.312 e. The molecule has 2 atom stereocenters. The Morgan fingerprint density at radius 2 is 2.04 bits per heavy atom. The third-order valence-corrected chi connectivity index (χ3v) is 6.58. The van der Waals surface area contributed by atoms with Gasteiger partial charge in [0.15, 0.2) is 5.82 Å². The number of likely N-dealkylation sites (tertiary alicyclic amines) is 2. The van der Waals surface area contributed by atoms with E-state index < -0.39 is 11.4 Å². The lowest BCUT2D eigenvalue weighted by atomic mass is 9.81. The molecule has 0 radical (unpaired) electrons. The highest BCUT2D eigenvalue weighted by Gasteiger charge is 2.58. The molecule has 3 heterocycles. The summed E-state index contributed by atoms with van der Waals surface area (Å²) in [5.41, 5.74) is -0.641. The molecule has 0 amide bonds. The van der Waals surface area contributed by atoms with Gasteiger partial charge in [-0.2, -0.15) is 4.98 Å². The van der Waals surface area contributed by atoms with Crippen LogP contribution >= 0.6 is 0 Å². The Labute approximate surface area is 154 Å². The molecule has 3 fully saturated rings. The molecule has 26 heavy (non-hydrogen) atoms. The highest BCUT2D eigenvalue weighted by Crippen LogP contribution is 2.45. The van der Waals surface area contributed by atoms with Crippen molar-refractivity contribution in [1.29, 1.82) is 0 Å². The van der Waals surface area contributed by atoms with E-state index in [0.29, 0.717) is 31.6 Å². The summed E-state index contributed by atoms with van der Waals surface area (Å²) in [4.78, 5) is 21.3. The molecule has 7 nitrogen and oxygen atoms in total. The first-order valence-electron chi connectivity index (χ1n) is 10.0. The van der Waals surface area contributed by atoms with Crippen LogP contribution in [0.2, 0.25) is 0 Å². The predicted molar refractivity (Wildman–Crippen MR) is 95.7 cm³/mol. The van der Waals surface area contributed by atoms with Crippen molar-refractivity contribution in [3.05, 3.63) is 11.7 Å². The van der Waals surface area contributed by atoms with Crippen LogP contribution in [0, 0.1) is 11.3 Å². The van der Waals surface area contributed by atoms with Gasteiger partial charge in [0.05, 0.1) is 12.0 Å². The zero-order chi connectivity index (χ0) is 18.3. The van der Waals surface area contributed by atoms with E-state index in [0.717, 1.165) is 18.9 Å². The fraction of sp³-hybridized carbons (Fsp3) is 0.842. The van der Waals surface area contributed by atoms with Crippen molar-refractivity contribution >= 4 is 5.97 Å². The summed E-state index contributed by atoms with van der Waals surface area (Å²) < 4.78 is 5.36. The maximum atomic E-state index is 12.2. The first-order chi connectivity index (χ1) is 12.5. The third kappa shape index (κ3) is 3.16. The average molecular weight is 362 g/mol. The van der Waals surface area contributed by atoms with Gasteiger partial charge in [-0.25, -0.2) is 0 Å². The van der Waals surface area contributed by atoms with Gasteiger partial charge in [-0.15, -0.1) is 0 Å². The van der Waals surface area contributed by atoms with Crippen LogP contribution in [0.5, 0.6) is 0 Å². The Hall–Kier alpha value is -1.47. The van der Waals surface area contributed by atoms with Crippen molar-refractivity contribution in [3.63, 3.8) is 0 Å². The van der Waals surface area contributed by atoms with Crippen LogP contribution in [-0.2, 0) is 11.3 Å². The summed E-state index contributed by atoms with van der Waals surface area (Å²) in [6.45, 7) is 7.60. The topological polar surface area (TPSA) is 82.7 Å². The minimum absolute atomic E-state index is 0.189. The van der Waals surface area contributed by atoms with Gasteiger partial charge in [0, 0.05) is 44.1 Å². The summed E-state index contributed by atoms with van der Waals surface area (Å²) in [6, 6.07) is 0.587. The van der Waals surface area contributed by atoms with Crippen molar-refractivity contribution in [3.8, 4) is 0 Å². The molecule has 144 valence electrons. The molecule has 1 N–H and O–H groups in total. The van der Waals surface area contributed by atoms with Gasteiger partial charge in [-0.1, -0.05) is 38.3 Å². The van der Waals surface area contributed by atoms with Gasteiger partial charge in [0.1, 0.15) is 0 Å². The van der Waals surface area contributed by atoms with E-state index in [1.807, 2.05) is 13.8 Å². The number of fused-ring (bicyclic) bond motifs is 1. The Morgan fingerprint density at radius 1 is 1.27 bits per heavy atom. The molecule has 2 saturated heterocycles. The molecule has 1 aromatic heterocycles. The summed E-state index contributed by atoms with van der Waals surface area (Å²) >= 11 is 0. The second kappa shape index (κ2) is 6.93. The highest BCUT2D eigenvalue weighted by atomic mass is 16.5. The molecule has 2 aliphatic heterocycles. The second-order valence-electron chi connectivity index (χ2n) is 8.75.